The van der Waals surface area contributed by atoms with E-state index in [1.54, 1.807) is 6.07 Å². The average molecular weight is 225 g/mol. The lowest BCUT2D eigenvalue weighted by molar-refractivity contribution is -0.384. The molecule has 78 valence electrons. The molecule has 0 aliphatic carbocycles. The van der Waals surface area contributed by atoms with Gasteiger partial charge in [0.15, 0.2) is 0 Å². The predicted molar refractivity (Wildman–Crippen MR) is 57.7 cm³/mol. The summed E-state index contributed by atoms with van der Waals surface area (Å²) in [6.07, 6.45) is 1.25. The minimum absolute atomic E-state index is 0.0877. The van der Waals surface area contributed by atoms with Crippen LogP contribution in [-0.4, -0.2) is 16.0 Å². The number of hydrogen-bond donors (Lipinski definition) is 2. The lowest BCUT2D eigenvalue weighted by atomic mass is 10.2. The quantitative estimate of drug-likeness (QED) is 0.356. The molecular formula is C9H7NO4S. The fourth-order valence-electron chi connectivity index (χ4n) is 0.948. The van der Waals surface area contributed by atoms with Gasteiger partial charge in [-0.05, 0) is 11.6 Å². The van der Waals surface area contributed by atoms with Crippen LogP contribution in [0.25, 0.3) is 6.08 Å². The summed E-state index contributed by atoms with van der Waals surface area (Å²) in [5.41, 5.74) is 0.340. The Labute approximate surface area is 90.6 Å². The Kier molecular flexibility index (Phi) is 3.46. The van der Waals surface area contributed by atoms with Crippen molar-refractivity contribution in [2.24, 2.45) is 0 Å². The molecule has 1 rings (SSSR count). The Balaban J connectivity index is 3.06. The van der Waals surface area contributed by atoms with Crippen molar-refractivity contribution < 1.29 is 14.8 Å². The second-order valence-electron chi connectivity index (χ2n) is 2.69. The van der Waals surface area contributed by atoms with Crippen molar-refractivity contribution in [3.8, 4) is 0 Å². The maximum atomic E-state index is 10.4. The molecule has 0 aliphatic rings. The summed E-state index contributed by atoms with van der Waals surface area (Å²) in [6.45, 7) is 0. The third-order valence-electron chi connectivity index (χ3n) is 1.60. The van der Waals surface area contributed by atoms with Crippen LogP contribution in [0.4, 0.5) is 5.69 Å². The van der Waals surface area contributed by atoms with Crippen molar-refractivity contribution in [2.45, 2.75) is 0 Å². The lowest BCUT2D eigenvalue weighted by Crippen LogP contribution is -1.93. The summed E-state index contributed by atoms with van der Waals surface area (Å²) >= 11 is 3.71. The minimum Gasteiger partial charge on any atom is -0.477 e. The molecule has 1 N–H and O–H groups in total. The largest absolute Gasteiger partial charge is 0.477 e. The van der Waals surface area contributed by atoms with Crippen molar-refractivity contribution in [1.29, 1.82) is 0 Å². The van der Waals surface area contributed by atoms with Crippen molar-refractivity contribution in [3.05, 3.63) is 44.8 Å². The van der Waals surface area contributed by atoms with Crippen LogP contribution in [0.3, 0.4) is 0 Å². The second kappa shape index (κ2) is 4.61. The number of rotatable bonds is 3. The van der Waals surface area contributed by atoms with E-state index >= 15 is 0 Å². The van der Waals surface area contributed by atoms with Gasteiger partial charge in [0.2, 0.25) is 0 Å². The highest BCUT2D eigenvalue weighted by Gasteiger charge is 2.06. The molecule has 0 spiro atoms. The Morgan fingerprint density at radius 3 is 2.73 bits per heavy atom. The van der Waals surface area contributed by atoms with Gasteiger partial charge in [-0.25, -0.2) is 4.79 Å². The van der Waals surface area contributed by atoms with Crippen LogP contribution < -0.4 is 0 Å². The molecule has 0 atom stereocenters. The van der Waals surface area contributed by atoms with Crippen LogP contribution in [0.5, 0.6) is 0 Å². The zero-order valence-corrected chi connectivity index (χ0v) is 8.35. The Morgan fingerprint density at radius 2 is 2.20 bits per heavy atom. The Hall–Kier alpha value is -1.82. The zero-order chi connectivity index (χ0) is 11.4. The van der Waals surface area contributed by atoms with Crippen LogP contribution >= 0.6 is 12.6 Å². The molecule has 0 fully saturated rings. The molecule has 0 radical (unpaired) electrons. The topological polar surface area (TPSA) is 80.4 Å². The first-order valence-corrected chi connectivity index (χ1v) is 4.34. The van der Waals surface area contributed by atoms with Crippen molar-refractivity contribution in [1.82, 2.24) is 0 Å². The molecule has 15 heavy (non-hydrogen) atoms. The SMILES string of the molecule is O=C(O)/C(S)=C\c1cccc([N+](=O)[O-])c1. The highest BCUT2D eigenvalue weighted by molar-refractivity contribution is 7.85. The number of nitro benzene ring substituents is 1. The van der Waals surface area contributed by atoms with Crippen molar-refractivity contribution in [3.63, 3.8) is 0 Å². The number of carbonyl (C=O) groups is 1. The third kappa shape index (κ3) is 3.10. The average Bonchev–Trinajstić information content (AvgIpc) is 2.18. The zero-order valence-electron chi connectivity index (χ0n) is 7.45. The number of aliphatic carboxylic acids is 1. The Bertz CT molecular complexity index is 441. The minimum atomic E-state index is -1.18. The molecule has 0 bridgehead atoms. The van der Waals surface area contributed by atoms with Crippen LogP contribution in [0, 0.1) is 10.1 Å². The maximum Gasteiger partial charge on any atom is 0.341 e. The van der Waals surface area contributed by atoms with E-state index < -0.39 is 10.9 Å². The summed E-state index contributed by atoms with van der Waals surface area (Å²) in [5.74, 6) is -1.18. The number of carboxylic acids is 1. The second-order valence-corrected chi connectivity index (χ2v) is 3.17. The fraction of sp³-hybridized carbons (Fsp3) is 0. The fourth-order valence-corrected chi connectivity index (χ4v) is 1.10. The number of carboxylic acid groups (broad SMARTS) is 1. The third-order valence-corrected chi connectivity index (χ3v) is 1.92. The summed E-state index contributed by atoms with van der Waals surface area (Å²) in [5, 5.41) is 19.0. The van der Waals surface area contributed by atoms with E-state index in [0.29, 0.717) is 5.56 Å². The molecular weight excluding hydrogens is 218 g/mol. The number of thiol groups is 1. The van der Waals surface area contributed by atoms with Crippen LogP contribution in [0.1, 0.15) is 5.56 Å². The van der Waals surface area contributed by atoms with Crippen LogP contribution in [0.2, 0.25) is 0 Å². The summed E-state index contributed by atoms with van der Waals surface area (Å²) in [6, 6.07) is 5.65. The molecule has 0 saturated carbocycles. The molecule has 0 aliphatic heterocycles. The lowest BCUT2D eigenvalue weighted by Gasteiger charge is -1.95. The van der Waals surface area contributed by atoms with E-state index in [-0.39, 0.29) is 10.6 Å². The normalized spacial score (nSPS) is 11.1. The first-order valence-electron chi connectivity index (χ1n) is 3.89. The number of non-ortho nitro benzene ring substituents is 1. The van der Waals surface area contributed by atoms with E-state index in [0.717, 1.165) is 0 Å². The summed E-state index contributed by atoms with van der Waals surface area (Å²) in [7, 11) is 0. The van der Waals surface area contributed by atoms with E-state index in [1.165, 1.54) is 24.3 Å². The standard InChI is InChI=1S/C9H7NO4S/c11-9(12)8(15)5-6-2-1-3-7(4-6)10(13)14/h1-5,15H,(H,11,12)/b8-5+. The molecule has 0 amide bonds. The molecule has 5 nitrogen and oxygen atoms in total. The van der Waals surface area contributed by atoms with E-state index in [2.05, 4.69) is 12.6 Å². The highest BCUT2D eigenvalue weighted by atomic mass is 32.1. The first kappa shape index (κ1) is 11.3. The van der Waals surface area contributed by atoms with Crippen LogP contribution in [0.15, 0.2) is 29.2 Å². The van der Waals surface area contributed by atoms with Crippen molar-refractivity contribution >= 4 is 30.4 Å². The summed E-state index contributed by atoms with van der Waals surface area (Å²) in [4.78, 5) is 20.1. The molecule has 0 heterocycles. The van der Waals surface area contributed by atoms with Gasteiger partial charge >= 0.3 is 5.97 Å². The molecule has 1 aromatic carbocycles. The smallest absolute Gasteiger partial charge is 0.341 e. The monoisotopic (exact) mass is 225 g/mol. The molecule has 6 heteroatoms. The highest BCUT2D eigenvalue weighted by Crippen LogP contribution is 2.16. The molecule has 0 unspecified atom stereocenters. The van der Waals surface area contributed by atoms with Gasteiger partial charge in [-0.1, -0.05) is 12.1 Å². The maximum absolute atomic E-state index is 10.4. The van der Waals surface area contributed by atoms with Gasteiger partial charge in [0.05, 0.1) is 9.83 Å². The number of nitro groups is 1. The Morgan fingerprint density at radius 1 is 1.53 bits per heavy atom. The molecule has 0 aromatic heterocycles. The number of hydrogen-bond acceptors (Lipinski definition) is 4. The summed E-state index contributed by atoms with van der Waals surface area (Å²) < 4.78 is 0. The molecule has 0 saturated heterocycles. The van der Waals surface area contributed by atoms with Gasteiger partial charge in [0, 0.05) is 12.1 Å². The number of benzene rings is 1. The van der Waals surface area contributed by atoms with Gasteiger partial charge in [0.25, 0.3) is 5.69 Å². The van der Waals surface area contributed by atoms with Crippen molar-refractivity contribution in [2.75, 3.05) is 0 Å². The van der Waals surface area contributed by atoms with E-state index in [9.17, 15) is 14.9 Å². The first-order chi connectivity index (χ1) is 7.00. The van der Waals surface area contributed by atoms with E-state index in [4.69, 9.17) is 5.11 Å². The van der Waals surface area contributed by atoms with Gasteiger partial charge in [0.1, 0.15) is 0 Å². The van der Waals surface area contributed by atoms with E-state index in [1.807, 2.05) is 0 Å². The van der Waals surface area contributed by atoms with Gasteiger partial charge in [-0.2, -0.15) is 0 Å². The van der Waals surface area contributed by atoms with Gasteiger partial charge < -0.3 is 5.11 Å². The van der Waals surface area contributed by atoms with Crippen LogP contribution in [-0.2, 0) is 4.79 Å². The predicted octanol–water partition coefficient (Wildman–Crippen LogP) is 1.95. The van der Waals surface area contributed by atoms with Gasteiger partial charge in [-0.3, -0.25) is 10.1 Å². The number of nitrogens with zero attached hydrogens (tertiary/aromatic N) is 1. The van der Waals surface area contributed by atoms with Gasteiger partial charge in [-0.15, -0.1) is 12.6 Å². The molecule has 1 aromatic rings.